The van der Waals surface area contributed by atoms with Crippen LogP contribution in [0.3, 0.4) is 0 Å². The van der Waals surface area contributed by atoms with E-state index in [4.69, 9.17) is 0 Å². The first kappa shape index (κ1) is 9.51. The van der Waals surface area contributed by atoms with Gasteiger partial charge in [-0.2, -0.15) is 0 Å². The molecule has 0 aromatic rings. The van der Waals surface area contributed by atoms with Crippen LogP contribution in [0.1, 0.15) is 46.5 Å². The zero-order chi connectivity index (χ0) is 9.47. The van der Waals surface area contributed by atoms with E-state index in [9.17, 15) is 0 Å². The first-order valence-electron chi connectivity index (χ1n) is 5.79. The van der Waals surface area contributed by atoms with Crippen LogP contribution in [0.2, 0.25) is 0 Å². The van der Waals surface area contributed by atoms with Crippen LogP contribution >= 0.6 is 0 Å². The molecule has 1 heteroatoms. The molecule has 2 aliphatic carbocycles. The standard InChI is InChI=1S/C12H23N/c1-12(2,3)10-6-9(7-10)8-13-11-4-5-11/h9-11,13H,4-8H2,1-3H3. The normalized spacial score (nSPS) is 34.4. The molecule has 2 rings (SSSR count). The second-order valence-electron chi connectivity index (χ2n) is 6.08. The average Bonchev–Trinajstić information content (AvgIpc) is 2.63. The quantitative estimate of drug-likeness (QED) is 0.706. The minimum atomic E-state index is 0.552. The first-order chi connectivity index (χ1) is 6.05. The van der Waals surface area contributed by atoms with Crippen LogP contribution in [0.4, 0.5) is 0 Å². The molecule has 0 atom stereocenters. The molecule has 0 spiro atoms. The minimum absolute atomic E-state index is 0.552. The van der Waals surface area contributed by atoms with Crippen molar-refractivity contribution in [1.82, 2.24) is 5.32 Å². The molecule has 0 radical (unpaired) electrons. The third-order valence-corrected chi connectivity index (χ3v) is 3.73. The van der Waals surface area contributed by atoms with Gasteiger partial charge in [-0.3, -0.25) is 0 Å². The van der Waals surface area contributed by atoms with Crippen molar-refractivity contribution >= 4 is 0 Å². The fraction of sp³-hybridized carbons (Fsp3) is 1.00. The SMILES string of the molecule is CC(C)(C)C1CC(CNC2CC2)C1. The lowest BCUT2D eigenvalue weighted by molar-refractivity contribution is 0.0755. The Hall–Kier alpha value is -0.0400. The van der Waals surface area contributed by atoms with Crippen LogP contribution in [0.25, 0.3) is 0 Å². The summed E-state index contributed by atoms with van der Waals surface area (Å²) in [5.41, 5.74) is 0.552. The van der Waals surface area contributed by atoms with E-state index in [1.807, 2.05) is 0 Å². The Labute approximate surface area is 82.3 Å². The van der Waals surface area contributed by atoms with Crippen LogP contribution in [-0.4, -0.2) is 12.6 Å². The summed E-state index contributed by atoms with van der Waals surface area (Å²) < 4.78 is 0. The maximum atomic E-state index is 3.63. The van der Waals surface area contributed by atoms with E-state index < -0.39 is 0 Å². The van der Waals surface area contributed by atoms with Gasteiger partial charge in [0.25, 0.3) is 0 Å². The van der Waals surface area contributed by atoms with Crippen molar-refractivity contribution in [3.63, 3.8) is 0 Å². The number of nitrogens with one attached hydrogen (secondary N) is 1. The number of hydrogen-bond acceptors (Lipinski definition) is 1. The van der Waals surface area contributed by atoms with Crippen LogP contribution in [0, 0.1) is 17.3 Å². The molecule has 1 N–H and O–H groups in total. The zero-order valence-electron chi connectivity index (χ0n) is 9.27. The molecular weight excluding hydrogens is 158 g/mol. The predicted octanol–water partition coefficient (Wildman–Crippen LogP) is 2.81. The van der Waals surface area contributed by atoms with Crippen molar-refractivity contribution in [2.45, 2.75) is 52.5 Å². The van der Waals surface area contributed by atoms with Gasteiger partial charge in [0.15, 0.2) is 0 Å². The molecule has 1 nitrogen and oxygen atoms in total. The third-order valence-electron chi connectivity index (χ3n) is 3.73. The molecule has 0 aromatic carbocycles. The van der Waals surface area contributed by atoms with Gasteiger partial charge in [-0.1, -0.05) is 20.8 Å². The molecule has 13 heavy (non-hydrogen) atoms. The van der Waals surface area contributed by atoms with Gasteiger partial charge in [0.2, 0.25) is 0 Å². The Bertz CT molecular complexity index is 170. The molecule has 2 fully saturated rings. The van der Waals surface area contributed by atoms with Gasteiger partial charge in [-0.05, 0) is 49.5 Å². The van der Waals surface area contributed by atoms with Gasteiger partial charge in [-0.25, -0.2) is 0 Å². The summed E-state index contributed by atoms with van der Waals surface area (Å²) in [6, 6.07) is 0.897. The van der Waals surface area contributed by atoms with Gasteiger partial charge in [0, 0.05) is 6.04 Å². The Morgan fingerprint density at radius 3 is 2.23 bits per heavy atom. The third kappa shape index (κ3) is 2.46. The zero-order valence-corrected chi connectivity index (χ0v) is 9.27. The summed E-state index contributed by atoms with van der Waals surface area (Å²) >= 11 is 0. The van der Waals surface area contributed by atoms with E-state index in [-0.39, 0.29) is 0 Å². The minimum Gasteiger partial charge on any atom is -0.314 e. The largest absolute Gasteiger partial charge is 0.314 e. The first-order valence-corrected chi connectivity index (χ1v) is 5.79. The average molecular weight is 181 g/mol. The maximum absolute atomic E-state index is 3.63. The van der Waals surface area contributed by atoms with Gasteiger partial charge in [0.1, 0.15) is 0 Å². The molecule has 0 heterocycles. The number of rotatable bonds is 3. The Balaban J connectivity index is 1.60. The van der Waals surface area contributed by atoms with Gasteiger partial charge in [-0.15, -0.1) is 0 Å². The highest BCUT2D eigenvalue weighted by molar-refractivity contribution is 4.90. The Morgan fingerprint density at radius 1 is 1.15 bits per heavy atom. The molecule has 0 saturated heterocycles. The summed E-state index contributed by atoms with van der Waals surface area (Å²) in [4.78, 5) is 0. The Morgan fingerprint density at radius 2 is 1.77 bits per heavy atom. The molecular formula is C12H23N. The van der Waals surface area contributed by atoms with Crippen molar-refractivity contribution in [3.05, 3.63) is 0 Å². The fourth-order valence-electron chi connectivity index (χ4n) is 2.23. The van der Waals surface area contributed by atoms with Gasteiger partial charge < -0.3 is 5.32 Å². The van der Waals surface area contributed by atoms with Crippen molar-refractivity contribution in [3.8, 4) is 0 Å². The maximum Gasteiger partial charge on any atom is 0.00683 e. The fourth-order valence-corrected chi connectivity index (χ4v) is 2.23. The summed E-state index contributed by atoms with van der Waals surface area (Å²) in [6.45, 7) is 8.42. The van der Waals surface area contributed by atoms with E-state index in [0.29, 0.717) is 5.41 Å². The molecule has 2 aliphatic rings. The van der Waals surface area contributed by atoms with E-state index >= 15 is 0 Å². The summed E-state index contributed by atoms with van der Waals surface area (Å²) in [5.74, 6) is 1.98. The molecule has 0 unspecified atom stereocenters. The lowest BCUT2D eigenvalue weighted by atomic mass is 9.63. The highest BCUT2D eigenvalue weighted by Crippen LogP contribution is 2.44. The van der Waals surface area contributed by atoms with E-state index in [2.05, 4.69) is 26.1 Å². The van der Waals surface area contributed by atoms with Crippen molar-refractivity contribution in [1.29, 1.82) is 0 Å². The summed E-state index contributed by atoms with van der Waals surface area (Å²) in [6.07, 6.45) is 5.78. The molecule has 2 saturated carbocycles. The van der Waals surface area contributed by atoms with E-state index in [1.165, 1.54) is 32.2 Å². The van der Waals surface area contributed by atoms with Gasteiger partial charge in [0.05, 0.1) is 0 Å². The van der Waals surface area contributed by atoms with Gasteiger partial charge >= 0.3 is 0 Å². The van der Waals surface area contributed by atoms with Crippen LogP contribution < -0.4 is 5.32 Å². The summed E-state index contributed by atoms with van der Waals surface area (Å²) in [7, 11) is 0. The van der Waals surface area contributed by atoms with Crippen molar-refractivity contribution < 1.29 is 0 Å². The topological polar surface area (TPSA) is 12.0 Å². The second-order valence-corrected chi connectivity index (χ2v) is 6.08. The smallest absolute Gasteiger partial charge is 0.00683 e. The summed E-state index contributed by atoms with van der Waals surface area (Å²) in [5, 5.41) is 3.63. The van der Waals surface area contributed by atoms with E-state index in [1.54, 1.807) is 0 Å². The molecule has 0 amide bonds. The lowest BCUT2D eigenvalue weighted by Gasteiger charge is -2.44. The monoisotopic (exact) mass is 181 g/mol. The number of hydrogen-bond donors (Lipinski definition) is 1. The van der Waals surface area contributed by atoms with Crippen LogP contribution in [0.15, 0.2) is 0 Å². The van der Waals surface area contributed by atoms with Crippen molar-refractivity contribution in [2.24, 2.45) is 17.3 Å². The van der Waals surface area contributed by atoms with Crippen LogP contribution in [0.5, 0.6) is 0 Å². The molecule has 76 valence electrons. The molecule has 0 aromatic heterocycles. The van der Waals surface area contributed by atoms with Crippen LogP contribution in [-0.2, 0) is 0 Å². The van der Waals surface area contributed by atoms with E-state index in [0.717, 1.165) is 17.9 Å². The molecule has 0 aliphatic heterocycles. The lowest BCUT2D eigenvalue weighted by Crippen LogP contribution is -2.39. The van der Waals surface area contributed by atoms with Crippen molar-refractivity contribution in [2.75, 3.05) is 6.54 Å². The second kappa shape index (κ2) is 3.27. The Kier molecular flexibility index (Phi) is 2.39. The predicted molar refractivity (Wildman–Crippen MR) is 56.7 cm³/mol. The highest BCUT2D eigenvalue weighted by Gasteiger charge is 2.37. The highest BCUT2D eigenvalue weighted by atomic mass is 14.9. The molecule has 0 bridgehead atoms.